The fourth-order valence-electron chi connectivity index (χ4n) is 2.19. The lowest BCUT2D eigenvalue weighted by atomic mass is 10.1. The van der Waals surface area contributed by atoms with Crippen LogP contribution in [0.5, 0.6) is 0 Å². The van der Waals surface area contributed by atoms with Gasteiger partial charge >= 0.3 is 0 Å². The molecular weight excluding hydrogens is 226 g/mol. The van der Waals surface area contributed by atoms with Crippen molar-refractivity contribution < 1.29 is 4.79 Å². The summed E-state index contributed by atoms with van der Waals surface area (Å²) in [4.78, 5) is 11.8. The fraction of sp³-hybridized carbons (Fsp3) is 0.286. The number of hydrogen-bond donors (Lipinski definition) is 1. The predicted octanol–water partition coefficient (Wildman–Crippen LogP) is 2.11. The van der Waals surface area contributed by atoms with E-state index in [4.69, 9.17) is 0 Å². The number of rotatable bonds is 3. The highest BCUT2D eigenvalue weighted by Crippen LogP contribution is 2.42. The molecule has 0 bridgehead atoms. The number of aromatic nitrogens is 2. The average Bonchev–Trinajstić information content (AvgIpc) is 3.17. The van der Waals surface area contributed by atoms with Gasteiger partial charge in [-0.15, -0.1) is 0 Å². The third-order valence-electron chi connectivity index (χ3n) is 3.24. The van der Waals surface area contributed by atoms with Gasteiger partial charge in [0.2, 0.25) is 0 Å². The zero-order chi connectivity index (χ0) is 12.5. The SMILES string of the molecule is CNC(=O)c1cnn(-c2ccccc2)c1C1CC1. The van der Waals surface area contributed by atoms with E-state index in [1.807, 2.05) is 35.0 Å². The quantitative estimate of drug-likeness (QED) is 0.894. The zero-order valence-electron chi connectivity index (χ0n) is 10.3. The van der Waals surface area contributed by atoms with Crippen LogP contribution < -0.4 is 5.32 Å². The van der Waals surface area contributed by atoms with Gasteiger partial charge in [0.15, 0.2) is 0 Å². The average molecular weight is 241 g/mol. The van der Waals surface area contributed by atoms with Crippen LogP contribution in [0, 0.1) is 0 Å². The number of carbonyl (C=O) groups excluding carboxylic acids is 1. The normalized spacial score (nSPS) is 14.5. The highest BCUT2D eigenvalue weighted by Gasteiger charge is 2.32. The maximum atomic E-state index is 11.8. The van der Waals surface area contributed by atoms with Gasteiger partial charge < -0.3 is 5.32 Å². The van der Waals surface area contributed by atoms with Crippen LogP contribution in [-0.4, -0.2) is 22.7 Å². The van der Waals surface area contributed by atoms with E-state index in [2.05, 4.69) is 10.4 Å². The minimum atomic E-state index is -0.0564. The van der Waals surface area contributed by atoms with Gasteiger partial charge in [0.05, 0.1) is 23.1 Å². The first-order chi connectivity index (χ1) is 8.81. The van der Waals surface area contributed by atoms with Gasteiger partial charge in [0, 0.05) is 13.0 Å². The van der Waals surface area contributed by atoms with E-state index in [0.717, 1.165) is 24.2 Å². The molecule has 18 heavy (non-hydrogen) atoms. The Morgan fingerprint density at radius 3 is 2.67 bits per heavy atom. The first-order valence-electron chi connectivity index (χ1n) is 6.16. The predicted molar refractivity (Wildman–Crippen MR) is 68.9 cm³/mol. The lowest BCUT2D eigenvalue weighted by molar-refractivity contribution is 0.0962. The van der Waals surface area contributed by atoms with Crippen LogP contribution in [0.25, 0.3) is 5.69 Å². The van der Waals surface area contributed by atoms with E-state index in [1.54, 1.807) is 13.2 Å². The second-order valence-electron chi connectivity index (χ2n) is 4.54. The molecule has 1 amide bonds. The van der Waals surface area contributed by atoms with Crippen LogP contribution in [0.4, 0.5) is 0 Å². The second-order valence-corrected chi connectivity index (χ2v) is 4.54. The summed E-state index contributed by atoms with van der Waals surface area (Å²) in [5.74, 6) is 0.416. The molecule has 2 aromatic rings. The molecule has 1 aliphatic rings. The summed E-state index contributed by atoms with van der Waals surface area (Å²) < 4.78 is 1.89. The number of carbonyl (C=O) groups is 1. The molecule has 0 radical (unpaired) electrons. The molecule has 1 aromatic heterocycles. The van der Waals surface area contributed by atoms with Gasteiger partial charge in [0.1, 0.15) is 0 Å². The standard InChI is InChI=1S/C14H15N3O/c1-15-14(18)12-9-16-17(13(12)10-7-8-10)11-5-3-2-4-6-11/h2-6,9-10H,7-8H2,1H3,(H,15,18). The van der Waals surface area contributed by atoms with Crippen molar-refractivity contribution in [1.82, 2.24) is 15.1 Å². The molecule has 3 rings (SSSR count). The molecule has 0 aliphatic heterocycles. The highest BCUT2D eigenvalue weighted by molar-refractivity contribution is 5.95. The maximum Gasteiger partial charge on any atom is 0.254 e. The Balaban J connectivity index is 2.10. The molecule has 92 valence electrons. The summed E-state index contributed by atoms with van der Waals surface area (Å²) >= 11 is 0. The highest BCUT2D eigenvalue weighted by atomic mass is 16.1. The minimum absolute atomic E-state index is 0.0564. The molecular formula is C14H15N3O. The maximum absolute atomic E-state index is 11.8. The molecule has 1 fully saturated rings. The molecule has 0 spiro atoms. The van der Waals surface area contributed by atoms with E-state index in [9.17, 15) is 4.79 Å². The summed E-state index contributed by atoms with van der Waals surface area (Å²) in [6.45, 7) is 0. The molecule has 4 heteroatoms. The summed E-state index contributed by atoms with van der Waals surface area (Å²) in [6, 6.07) is 9.95. The number of nitrogens with one attached hydrogen (secondary N) is 1. The number of hydrogen-bond acceptors (Lipinski definition) is 2. The lowest BCUT2D eigenvalue weighted by Crippen LogP contribution is -2.19. The van der Waals surface area contributed by atoms with Gasteiger partial charge in [-0.1, -0.05) is 18.2 Å². The Morgan fingerprint density at radius 1 is 1.33 bits per heavy atom. The van der Waals surface area contributed by atoms with Crippen LogP contribution in [0.2, 0.25) is 0 Å². The number of benzene rings is 1. The van der Waals surface area contributed by atoms with Crippen LogP contribution in [-0.2, 0) is 0 Å². The van der Waals surface area contributed by atoms with Crippen LogP contribution in [0.15, 0.2) is 36.5 Å². The molecule has 1 saturated carbocycles. The molecule has 0 unspecified atom stereocenters. The largest absolute Gasteiger partial charge is 0.355 e. The third-order valence-corrected chi connectivity index (χ3v) is 3.24. The molecule has 4 nitrogen and oxygen atoms in total. The van der Waals surface area contributed by atoms with Gasteiger partial charge in [-0.3, -0.25) is 4.79 Å². The van der Waals surface area contributed by atoms with Crippen molar-refractivity contribution in [2.75, 3.05) is 7.05 Å². The van der Waals surface area contributed by atoms with Crippen molar-refractivity contribution in [2.24, 2.45) is 0 Å². The van der Waals surface area contributed by atoms with Crippen molar-refractivity contribution in [2.45, 2.75) is 18.8 Å². The molecule has 1 aliphatic carbocycles. The number of amides is 1. The Bertz CT molecular complexity index is 570. The van der Waals surface area contributed by atoms with Crippen molar-refractivity contribution in [3.8, 4) is 5.69 Å². The van der Waals surface area contributed by atoms with Crippen molar-refractivity contribution in [1.29, 1.82) is 0 Å². The third kappa shape index (κ3) is 1.79. The smallest absolute Gasteiger partial charge is 0.254 e. The van der Waals surface area contributed by atoms with Crippen LogP contribution in [0.1, 0.15) is 34.8 Å². The van der Waals surface area contributed by atoms with Gasteiger partial charge in [0.25, 0.3) is 5.91 Å². The first-order valence-corrected chi connectivity index (χ1v) is 6.16. The monoisotopic (exact) mass is 241 g/mol. The number of para-hydroxylation sites is 1. The second kappa shape index (κ2) is 4.29. The van der Waals surface area contributed by atoms with Crippen molar-refractivity contribution in [3.05, 3.63) is 47.8 Å². The summed E-state index contributed by atoms with van der Waals surface area (Å²) in [6.07, 6.45) is 3.95. The van der Waals surface area contributed by atoms with E-state index in [1.165, 1.54) is 0 Å². The topological polar surface area (TPSA) is 46.9 Å². The van der Waals surface area contributed by atoms with Gasteiger partial charge in [-0.05, 0) is 25.0 Å². The summed E-state index contributed by atoms with van der Waals surface area (Å²) in [7, 11) is 1.65. The van der Waals surface area contributed by atoms with Gasteiger partial charge in [-0.2, -0.15) is 5.10 Å². The van der Waals surface area contributed by atoms with E-state index < -0.39 is 0 Å². The van der Waals surface area contributed by atoms with Crippen molar-refractivity contribution in [3.63, 3.8) is 0 Å². The molecule has 1 heterocycles. The molecule has 1 N–H and O–H groups in total. The van der Waals surface area contributed by atoms with E-state index >= 15 is 0 Å². The fourth-order valence-corrected chi connectivity index (χ4v) is 2.19. The Hall–Kier alpha value is -2.10. The minimum Gasteiger partial charge on any atom is -0.355 e. The lowest BCUT2D eigenvalue weighted by Gasteiger charge is -2.08. The molecule has 1 aromatic carbocycles. The van der Waals surface area contributed by atoms with Crippen LogP contribution >= 0.6 is 0 Å². The molecule has 0 saturated heterocycles. The van der Waals surface area contributed by atoms with Crippen molar-refractivity contribution >= 4 is 5.91 Å². The Labute approximate surface area is 106 Å². The summed E-state index contributed by atoms with van der Waals surface area (Å²) in [5.41, 5.74) is 2.75. The first kappa shape index (κ1) is 11.0. The van der Waals surface area contributed by atoms with E-state index in [-0.39, 0.29) is 5.91 Å². The molecule has 0 atom stereocenters. The van der Waals surface area contributed by atoms with Crippen LogP contribution in [0.3, 0.4) is 0 Å². The Kier molecular flexibility index (Phi) is 2.63. The van der Waals surface area contributed by atoms with E-state index in [0.29, 0.717) is 11.5 Å². The van der Waals surface area contributed by atoms with Gasteiger partial charge in [-0.25, -0.2) is 4.68 Å². The summed E-state index contributed by atoms with van der Waals surface area (Å²) in [5, 5.41) is 7.05. The Morgan fingerprint density at radius 2 is 2.06 bits per heavy atom. The number of nitrogens with zero attached hydrogens (tertiary/aromatic N) is 2. The zero-order valence-corrected chi connectivity index (χ0v) is 10.3.